The fraction of sp³-hybridized carbons (Fsp3) is 0.348. The van der Waals surface area contributed by atoms with Crippen LogP contribution < -0.4 is 16.0 Å². The number of amides is 3. The predicted molar refractivity (Wildman–Crippen MR) is 118 cm³/mol. The van der Waals surface area contributed by atoms with Gasteiger partial charge in [0.15, 0.2) is 0 Å². The van der Waals surface area contributed by atoms with Crippen LogP contribution in [0.4, 0.5) is 5.69 Å². The van der Waals surface area contributed by atoms with E-state index in [1.807, 2.05) is 0 Å². The second-order valence-electron chi connectivity index (χ2n) is 7.41. The first-order valence-corrected chi connectivity index (χ1v) is 10.6. The molecule has 0 aliphatic heterocycles. The summed E-state index contributed by atoms with van der Waals surface area (Å²) in [4.78, 5) is 36.9. The van der Waals surface area contributed by atoms with E-state index in [4.69, 9.17) is 11.6 Å². The van der Waals surface area contributed by atoms with E-state index in [2.05, 4.69) is 16.0 Å². The number of rotatable bonds is 8. The van der Waals surface area contributed by atoms with E-state index >= 15 is 0 Å². The van der Waals surface area contributed by atoms with Gasteiger partial charge in [0.05, 0.1) is 11.3 Å². The van der Waals surface area contributed by atoms with E-state index < -0.39 is 0 Å². The van der Waals surface area contributed by atoms with Crippen molar-refractivity contribution < 1.29 is 14.4 Å². The lowest BCUT2D eigenvalue weighted by Crippen LogP contribution is -2.33. The van der Waals surface area contributed by atoms with Crippen LogP contribution in [0.25, 0.3) is 0 Å². The Balaban J connectivity index is 1.45. The standard InChI is InChI=1S/C23H26ClN3O3/c24-17-13-11-16(12-14-17)22(29)25-15-5-10-21(28)27-20-9-4-3-8-19(20)23(30)26-18-6-1-2-7-18/h3-4,8-9,11-14,18H,1-2,5-7,10,15H2,(H,25,29)(H,26,30)(H,27,28). The zero-order chi connectivity index (χ0) is 21.3. The van der Waals surface area contributed by atoms with Gasteiger partial charge in [-0.25, -0.2) is 0 Å². The highest BCUT2D eigenvalue weighted by Crippen LogP contribution is 2.20. The maximum absolute atomic E-state index is 12.6. The normalized spacial score (nSPS) is 13.6. The Kier molecular flexibility index (Phi) is 7.85. The summed E-state index contributed by atoms with van der Waals surface area (Å²) in [5.74, 6) is -0.564. The van der Waals surface area contributed by atoms with Gasteiger partial charge >= 0.3 is 0 Å². The summed E-state index contributed by atoms with van der Waals surface area (Å²) in [6.45, 7) is 0.374. The minimum Gasteiger partial charge on any atom is -0.352 e. The summed E-state index contributed by atoms with van der Waals surface area (Å²) in [5.41, 5.74) is 1.49. The number of hydrogen-bond acceptors (Lipinski definition) is 3. The monoisotopic (exact) mass is 427 g/mol. The number of carbonyl (C=O) groups is 3. The molecule has 1 saturated carbocycles. The lowest BCUT2D eigenvalue weighted by molar-refractivity contribution is -0.116. The maximum Gasteiger partial charge on any atom is 0.253 e. The van der Waals surface area contributed by atoms with E-state index in [1.54, 1.807) is 48.5 Å². The van der Waals surface area contributed by atoms with Crippen molar-refractivity contribution in [3.05, 3.63) is 64.7 Å². The molecule has 7 heteroatoms. The van der Waals surface area contributed by atoms with Crippen molar-refractivity contribution in [3.8, 4) is 0 Å². The van der Waals surface area contributed by atoms with Crippen molar-refractivity contribution in [2.24, 2.45) is 0 Å². The maximum atomic E-state index is 12.6. The Labute approximate surface area is 181 Å². The third-order valence-electron chi connectivity index (χ3n) is 5.11. The zero-order valence-corrected chi connectivity index (χ0v) is 17.5. The first-order chi connectivity index (χ1) is 14.5. The number of halogens is 1. The molecule has 1 aliphatic carbocycles. The third-order valence-corrected chi connectivity index (χ3v) is 5.36. The van der Waals surface area contributed by atoms with E-state index in [0.717, 1.165) is 25.7 Å². The molecular formula is C23H26ClN3O3. The molecule has 0 unspecified atom stereocenters. The molecule has 3 N–H and O–H groups in total. The van der Waals surface area contributed by atoms with E-state index in [-0.39, 0.29) is 30.2 Å². The van der Waals surface area contributed by atoms with Gasteiger partial charge in [0.25, 0.3) is 11.8 Å². The first-order valence-electron chi connectivity index (χ1n) is 10.3. The van der Waals surface area contributed by atoms with Crippen LogP contribution in [-0.2, 0) is 4.79 Å². The fourth-order valence-corrected chi connectivity index (χ4v) is 3.62. The van der Waals surface area contributed by atoms with Gasteiger partial charge in [-0.05, 0) is 55.7 Å². The molecule has 0 saturated heterocycles. The molecule has 2 aromatic rings. The molecule has 1 aliphatic rings. The lowest BCUT2D eigenvalue weighted by Gasteiger charge is -2.15. The van der Waals surface area contributed by atoms with Gasteiger partial charge in [-0.2, -0.15) is 0 Å². The summed E-state index contributed by atoms with van der Waals surface area (Å²) in [7, 11) is 0. The van der Waals surface area contributed by atoms with Crippen molar-refractivity contribution >= 4 is 35.0 Å². The minimum absolute atomic E-state index is 0.159. The fourth-order valence-electron chi connectivity index (χ4n) is 3.49. The van der Waals surface area contributed by atoms with Crippen LogP contribution in [0.15, 0.2) is 48.5 Å². The van der Waals surface area contributed by atoms with E-state index in [0.29, 0.717) is 34.8 Å². The second kappa shape index (κ2) is 10.8. The molecule has 0 heterocycles. The number of nitrogens with one attached hydrogen (secondary N) is 3. The molecule has 2 aromatic carbocycles. The summed E-state index contributed by atoms with van der Waals surface area (Å²) in [6.07, 6.45) is 5.00. The quantitative estimate of drug-likeness (QED) is 0.553. The number of carbonyl (C=O) groups excluding carboxylic acids is 3. The Bertz CT molecular complexity index is 893. The van der Waals surface area contributed by atoms with E-state index in [1.165, 1.54) is 0 Å². The third kappa shape index (κ3) is 6.32. The van der Waals surface area contributed by atoms with Crippen LogP contribution >= 0.6 is 11.6 Å². The van der Waals surface area contributed by atoms with Crippen LogP contribution in [0, 0.1) is 0 Å². The van der Waals surface area contributed by atoms with Crippen LogP contribution in [0.3, 0.4) is 0 Å². The van der Waals surface area contributed by atoms with Crippen LogP contribution in [-0.4, -0.2) is 30.3 Å². The Morgan fingerprint density at radius 2 is 1.63 bits per heavy atom. The molecule has 6 nitrogen and oxygen atoms in total. The van der Waals surface area contributed by atoms with Gasteiger partial charge in [0, 0.05) is 29.6 Å². The van der Waals surface area contributed by atoms with Gasteiger partial charge < -0.3 is 16.0 Å². The molecular weight excluding hydrogens is 402 g/mol. The van der Waals surface area contributed by atoms with Crippen molar-refractivity contribution in [1.82, 2.24) is 10.6 Å². The van der Waals surface area contributed by atoms with Gasteiger partial charge in [0.1, 0.15) is 0 Å². The topological polar surface area (TPSA) is 87.3 Å². The average molecular weight is 428 g/mol. The Morgan fingerprint density at radius 3 is 2.37 bits per heavy atom. The molecule has 0 spiro atoms. The van der Waals surface area contributed by atoms with Crippen LogP contribution in [0.2, 0.25) is 5.02 Å². The zero-order valence-electron chi connectivity index (χ0n) is 16.7. The molecule has 0 atom stereocenters. The van der Waals surface area contributed by atoms with Crippen molar-refractivity contribution in [2.45, 2.75) is 44.6 Å². The van der Waals surface area contributed by atoms with Gasteiger partial charge in [-0.3, -0.25) is 14.4 Å². The van der Waals surface area contributed by atoms with Crippen LogP contribution in [0.1, 0.15) is 59.2 Å². The summed E-state index contributed by atoms with van der Waals surface area (Å²) in [5, 5.41) is 9.21. The first kappa shape index (κ1) is 21.8. The smallest absolute Gasteiger partial charge is 0.253 e. The van der Waals surface area contributed by atoms with Gasteiger partial charge in [-0.15, -0.1) is 0 Å². The molecule has 0 bridgehead atoms. The number of para-hydroxylation sites is 1. The predicted octanol–water partition coefficient (Wildman–Crippen LogP) is 4.16. The Morgan fingerprint density at radius 1 is 0.933 bits per heavy atom. The van der Waals surface area contributed by atoms with Gasteiger partial charge in [-0.1, -0.05) is 36.6 Å². The van der Waals surface area contributed by atoms with E-state index in [9.17, 15) is 14.4 Å². The minimum atomic E-state index is -0.207. The van der Waals surface area contributed by atoms with Crippen molar-refractivity contribution in [3.63, 3.8) is 0 Å². The number of hydrogen-bond donors (Lipinski definition) is 3. The summed E-state index contributed by atoms with van der Waals surface area (Å²) >= 11 is 5.82. The molecule has 3 rings (SSSR count). The second-order valence-corrected chi connectivity index (χ2v) is 7.85. The van der Waals surface area contributed by atoms with Crippen molar-refractivity contribution in [1.29, 1.82) is 0 Å². The SMILES string of the molecule is O=C(CCCNC(=O)c1ccc(Cl)cc1)Nc1ccccc1C(=O)NC1CCCC1. The van der Waals surface area contributed by atoms with Crippen molar-refractivity contribution in [2.75, 3.05) is 11.9 Å². The number of benzene rings is 2. The van der Waals surface area contributed by atoms with Gasteiger partial charge in [0.2, 0.25) is 5.91 Å². The highest BCUT2D eigenvalue weighted by Gasteiger charge is 2.20. The molecule has 0 radical (unpaired) electrons. The molecule has 3 amide bonds. The summed E-state index contributed by atoms with van der Waals surface area (Å²) in [6, 6.07) is 13.8. The largest absolute Gasteiger partial charge is 0.352 e. The highest BCUT2D eigenvalue weighted by atomic mass is 35.5. The molecule has 0 aromatic heterocycles. The Hall–Kier alpha value is -2.86. The highest BCUT2D eigenvalue weighted by molar-refractivity contribution is 6.30. The molecule has 158 valence electrons. The lowest BCUT2D eigenvalue weighted by atomic mass is 10.1. The molecule has 1 fully saturated rings. The molecule has 30 heavy (non-hydrogen) atoms. The van der Waals surface area contributed by atoms with Crippen LogP contribution in [0.5, 0.6) is 0 Å². The number of anilines is 1. The summed E-state index contributed by atoms with van der Waals surface area (Å²) < 4.78 is 0. The average Bonchev–Trinajstić information content (AvgIpc) is 3.25.